The number of allylic oxidation sites excluding steroid dienone is 1. The molecule has 0 N–H and O–H groups in total. The van der Waals surface area contributed by atoms with Crippen LogP contribution in [0.25, 0.3) is 0 Å². The maximum atomic E-state index is 3.79. The summed E-state index contributed by atoms with van der Waals surface area (Å²) >= 11 is 0. The number of hydrogen-bond acceptors (Lipinski definition) is 0. The van der Waals surface area contributed by atoms with Crippen LogP contribution in [0.1, 0.15) is 129 Å². The van der Waals surface area contributed by atoms with Crippen LogP contribution in [0.3, 0.4) is 0 Å². The van der Waals surface area contributed by atoms with Crippen LogP contribution in [0.4, 0.5) is 0 Å². The van der Waals surface area contributed by atoms with Gasteiger partial charge in [-0.2, -0.15) is 0 Å². The van der Waals surface area contributed by atoms with Crippen molar-refractivity contribution in [3.63, 3.8) is 0 Å². The molecule has 0 nitrogen and oxygen atoms in total. The highest BCUT2D eigenvalue weighted by atomic mass is 14.3. The fourth-order valence-electron chi connectivity index (χ4n) is 4.13. The highest BCUT2D eigenvalue weighted by Gasteiger charge is 2.29. The summed E-state index contributed by atoms with van der Waals surface area (Å²) in [6.45, 7) is 6.11. The van der Waals surface area contributed by atoms with Gasteiger partial charge in [-0.3, -0.25) is 0 Å². The molecule has 0 heteroatoms. The Bertz CT molecular complexity index is 263. The molecule has 0 aromatic rings. The molecule has 0 radical (unpaired) electrons. The first-order chi connectivity index (χ1) is 11.9. The summed E-state index contributed by atoms with van der Waals surface area (Å²) in [7, 11) is 0. The Balaban J connectivity index is 1.88. The molecular formula is C24H46. The maximum absolute atomic E-state index is 3.79. The van der Waals surface area contributed by atoms with Gasteiger partial charge in [0.25, 0.3) is 0 Å². The van der Waals surface area contributed by atoms with Crippen molar-refractivity contribution in [1.82, 2.24) is 0 Å². The van der Waals surface area contributed by atoms with E-state index in [2.05, 4.69) is 19.6 Å². The van der Waals surface area contributed by atoms with Crippen LogP contribution < -0.4 is 0 Å². The number of hydrogen-bond donors (Lipinski definition) is 0. The minimum absolute atomic E-state index is 1.09. The summed E-state index contributed by atoms with van der Waals surface area (Å²) in [6, 6.07) is 0. The van der Waals surface area contributed by atoms with Gasteiger partial charge in [0, 0.05) is 0 Å². The zero-order chi connectivity index (χ0) is 17.3. The molecule has 0 saturated heterocycles. The molecule has 0 spiro atoms. The monoisotopic (exact) mass is 334 g/mol. The van der Waals surface area contributed by atoms with Gasteiger partial charge in [0.05, 0.1) is 0 Å². The van der Waals surface area contributed by atoms with E-state index in [0.717, 1.165) is 11.8 Å². The topological polar surface area (TPSA) is 0 Å². The Morgan fingerprint density at radius 3 is 1.62 bits per heavy atom. The van der Waals surface area contributed by atoms with Crippen molar-refractivity contribution in [3.05, 3.63) is 12.7 Å². The van der Waals surface area contributed by atoms with E-state index >= 15 is 0 Å². The van der Waals surface area contributed by atoms with E-state index in [0.29, 0.717) is 0 Å². The summed E-state index contributed by atoms with van der Waals surface area (Å²) in [5.41, 5.74) is 0. The molecule has 0 bridgehead atoms. The van der Waals surface area contributed by atoms with Gasteiger partial charge in [0.2, 0.25) is 0 Å². The Hall–Kier alpha value is -0.260. The molecule has 0 aromatic heterocycles. The Labute approximate surface area is 153 Å². The van der Waals surface area contributed by atoms with Crippen LogP contribution in [-0.4, -0.2) is 0 Å². The van der Waals surface area contributed by atoms with Gasteiger partial charge < -0.3 is 0 Å². The van der Waals surface area contributed by atoms with Crippen LogP contribution >= 0.6 is 0 Å². The highest BCUT2D eigenvalue weighted by Crippen LogP contribution is 2.42. The van der Waals surface area contributed by atoms with Crippen molar-refractivity contribution in [2.75, 3.05) is 0 Å². The van der Waals surface area contributed by atoms with Gasteiger partial charge in [-0.05, 0) is 37.5 Å². The third-order valence-corrected chi connectivity index (χ3v) is 5.95. The molecular weight excluding hydrogens is 288 g/mol. The van der Waals surface area contributed by atoms with Crippen molar-refractivity contribution in [2.45, 2.75) is 129 Å². The highest BCUT2D eigenvalue weighted by molar-refractivity contribution is 4.81. The van der Waals surface area contributed by atoms with Gasteiger partial charge >= 0.3 is 0 Å². The zero-order valence-electron chi connectivity index (χ0n) is 16.9. The summed E-state index contributed by atoms with van der Waals surface area (Å²) in [5.74, 6) is 2.22. The van der Waals surface area contributed by atoms with Gasteiger partial charge in [-0.25, -0.2) is 0 Å². The first-order valence-corrected chi connectivity index (χ1v) is 11.5. The van der Waals surface area contributed by atoms with Crippen LogP contribution in [0.5, 0.6) is 0 Å². The molecule has 1 aliphatic carbocycles. The van der Waals surface area contributed by atoms with Gasteiger partial charge in [0.1, 0.15) is 0 Å². The largest absolute Gasteiger partial charge is 0.103 e. The molecule has 0 heterocycles. The summed E-state index contributed by atoms with van der Waals surface area (Å²) < 4.78 is 0. The van der Waals surface area contributed by atoms with Gasteiger partial charge in [-0.1, -0.05) is 109 Å². The Morgan fingerprint density at radius 2 is 1.17 bits per heavy atom. The fourth-order valence-corrected chi connectivity index (χ4v) is 4.13. The molecule has 142 valence electrons. The van der Waals surface area contributed by atoms with E-state index in [4.69, 9.17) is 0 Å². The molecule has 0 aromatic carbocycles. The van der Waals surface area contributed by atoms with Crippen molar-refractivity contribution in [3.8, 4) is 0 Å². The van der Waals surface area contributed by atoms with Crippen molar-refractivity contribution in [2.24, 2.45) is 11.8 Å². The van der Waals surface area contributed by atoms with Gasteiger partial charge in [-0.15, -0.1) is 6.58 Å². The molecule has 1 saturated carbocycles. The van der Waals surface area contributed by atoms with E-state index in [1.54, 1.807) is 25.7 Å². The van der Waals surface area contributed by atoms with Crippen LogP contribution in [0.15, 0.2) is 12.7 Å². The summed E-state index contributed by atoms with van der Waals surface area (Å²) in [5, 5.41) is 0. The van der Waals surface area contributed by atoms with E-state index in [-0.39, 0.29) is 0 Å². The van der Waals surface area contributed by atoms with Crippen LogP contribution in [0, 0.1) is 11.8 Å². The quantitative estimate of drug-likeness (QED) is 0.163. The zero-order valence-corrected chi connectivity index (χ0v) is 16.9. The van der Waals surface area contributed by atoms with Gasteiger partial charge in [0.15, 0.2) is 0 Å². The number of rotatable bonds is 19. The lowest BCUT2D eigenvalue weighted by atomic mass is 9.90. The molecule has 1 fully saturated rings. The summed E-state index contributed by atoms with van der Waals surface area (Å²) in [4.78, 5) is 0. The second kappa shape index (κ2) is 16.2. The first-order valence-electron chi connectivity index (χ1n) is 11.5. The van der Waals surface area contributed by atoms with Crippen molar-refractivity contribution >= 4 is 0 Å². The Kier molecular flexibility index (Phi) is 14.7. The molecule has 1 rings (SSSR count). The standard InChI is InChI=1S/C24H46/c1-3-5-7-9-11-12-13-14-16-18-20-23(24-21-22-24)19-17-15-10-8-6-4-2/h3,23-24H,1,4-22H2,2H3. The van der Waals surface area contributed by atoms with E-state index in [1.807, 2.05) is 0 Å². The smallest absolute Gasteiger partial charge is 0.0353 e. The van der Waals surface area contributed by atoms with Crippen LogP contribution in [-0.2, 0) is 0 Å². The minimum Gasteiger partial charge on any atom is -0.103 e. The van der Waals surface area contributed by atoms with Crippen molar-refractivity contribution in [1.29, 1.82) is 0 Å². The average molecular weight is 335 g/mol. The van der Waals surface area contributed by atoms with E-state index < -0.39 is 0 Å². The fraction of sp³-hybridized carbons (Fsp3) is 0.917. The third kappa shape index (κ3) is 13.1. The normalized spacial score (nSPS) is 15.5. The lowest BCUT2D eigenvalue weighted by Crippen LogP contribution is -2.03. The Morgan fingerprint density at radius 1 is 0.708 bits per heavy atom. The molecule has 24 heavy (non-hydrogen) atoms. The lowest BCUT2D eigenvalue weighted by molar-refractivity contribution is 0.363. The predicted molar refractivity (Wildman–Crippen MR) is 111 cm³/mol. The number of unbranched alkanes of at least 4 members (excludes halogenated alkanes) is 13. The predicted octanol–water partition coefficient (Wildman–Crippen LogP) is 8.85. The molecule has 0 aliphatic heterocycles. The third-order valence-electron chi connectivity index (χ3n) is 5.95. The first kappa shape index (κ1) is 21.8. The minimum atomic E-state index is 1.09. The maximum Gasteiger partial charge on any atom is -0.0353 e. The van der Waals surface area contributed by atoms with Crippen LogP contribution in [0.2, 0.25) is 0 Å². The van der Waals surface area contributed by atoms with E-state index in [9.17, 15) is 0 Å². The van der Waals surface area contributed by atoms with E-state index in [1.165, 1.54) is 96.3 Å². The molecule has 1 unspecified atom stereocenters. The average Bonchev–Trinajstić information content (AvgIpc) is 3.42. The molecule has 1 atom stereocenters. The van der Waals surface area contributed by atoms with Crippen molar-refractivity contribution < 1.29 is 0 Å². The SMILES string of the molecule is C=CCCCCCCCCCCC(CCCCCCCC)C1CC1. The molecule has 1 aliphatic rings. The second-order valence-electron chi connectivity index (χ2n) is 8.35. The summed E-state index contributed by atoms with van der Waals surface area (Å²) in [6.07, 6.45) is 29.8. The second-order valence-corrected chi connectivity index (χ2v) is 8.35. The molecule has 0 amide bonds. The lowest BCUT2D eigenvalue weighted by Gasteiger charge is -2.16.